The van der Waals surface area contributed by atoms with E-state index >= 15 is 0 Å². The topological polar surface area (TPSA) is 103 Å². The lowest BCUT2D eigenvalue weighted by atomic mass is 10.2. The lowest BCUT2D eigenvalue weighted by molar-refractivity contribution is 0.0507. The minimum Gasteiger partial charge on any atom is -0.444 e. The van der Waals surface area contributed by atoms with Gasteiger partial charge in [-0.2, -0.15) is 0 Å². The molecule has 1 amide bonds. The molecule has 1 unspecified atom stereocenters. The number of likely N-dealkylation sites (tertiary alicyclic amines) is 1. The zero-order valence-corrected chi connectivity index (χ0v) is 21.1. The van der Waals surface area contributed by atoms with Gasteiger partial charge in [0.05, 0.1) is 24.1 Å². The van der Waals surface area contributed by atoms with Gasteiger partial charge in [-0.15, -0.1) is 24.0 Å². The molecule has 2 aliphatic rings. The number of halogens is 1. The lowest BCUT2D eigenvalue weighted by Crippen LogP contribution is -2.45. The molecule has 29 heavy (non-hydrogen) atoms. The quantitative estimate of drug-likeness (QED) is 0.301. The molecule has 2 heterocycles. The maximum atomic E-state index is 12.0. The third kappa shape index (κ3) is 9.69. The fourth-order valence-corrected chi connectivity index (χ4v) is 4.52. The Hall–Kier alpha value is -0.820. The number of hydrogen-bond acceptors (Lipinski definition) is 6. The van der Waals surface area contributed by atoms with E-state index in [-0.39, 0.29) is 47.6 Å². The van der Waals surface area contributed by atoms with E-state index in [4.69, 9.17) is 9.73 Å². The van der Waals surface area contributed by atoms with Crippen molar-refractivity contribution in [2.75, 3.05) is 57.3 Å². The average molecular weight is 545 g/mol. The summed E-state index contributed by atoms with van der Waals surface area (Å²) in [5.41, 5.74) is -0.507. The molecule has 0 aromatic heterocycles. The summed E-state index contributed by atoms with van der Waals surface area (Å²) in [5, 5.41) is 6.23. The van der Waals surface area contributed by atoms with E-state index in [1.807, 2.05) is 27.7 Å². The van der Waals surface area contributed by atoms with E-state index in [0.717, 1.165) is 32.0 Å². The van der Waals surface area contributed by atoms with Crippen molar-refractivity contribution < 1.29 is 17.9 Å². The van der Waals surface area contributed by atoms with Crippen LogP contribution in [0.25, 0.3) is 0 Å². The molecule has 2 aliphatic heterocycles. The Labute approximate surface area is 191 Å². The van der Waals surface area contributed by atoms with Crippen molar-refractivity contribution in [2.45, 2.75) is 45.8 Å². The van der Waals surface area contributed by atoms with Crippen molar-refractivity contribution in [3.8, 4) is 0 Å². The van der Waals surface area contributed by atoms with Gasteiger partial charge in [-0.3, -0.25) is 9.89 Å². The largest absolute Gasteiger partial charge is 0.444 e. The maximum absolute atomic E-state index is 12.0. The maximum Gasteiger partial charge on any atom is 0.407 e. The Morgan fingerprint density at radius 1 is 1.21 bits per heavy atom. The van der Waals surface area contributed by atoms with Crippen LogP contribution in [0.3, 0.4) is 0 Å². The van der Waals surface area contributed by atoms with E-state index in [0.29, 0.717) is 26.2 Å². The number of alkyl carbamates (subject to hydrolysis) is 1. The Morgan fingerprint density at radius 3 is 2.45 bits per heavy atom. The number of ether oxygens (including phenoxy) is 1. The van der Waals surface area contributed by atoms with Crippen LogP contribution < -0.4 is 10.6 Å². The first-order valence-corrected chi connectivity index (χ1v) is 11.9. The van der Waals surface area contributed by atoms with Crippen molar-refractivity contribution in [1.29, 1.82) is 0 Å². The fourth-order valence-electron chi connectivity index (χ4n) is 3.24. The molecule has 0 radical (unpaired) electrons. The van der Waals surface area contributed by atoms with Crippen molar-refractivity contribution in [3.63, 3.8) is 0 Å². The van der Waals surface area contributed by atoms with Crippen LogP contribution in [0.4, 0.5) is 4.79 Å². The van der Waals surface area contributed by atoms with Gasteiger partial charge in [-0.25, -0.2) is 13.2 Å². The zero-order chi connectivity index (χ0) is 20.8. The van der Waals surface area contributed by atoms with Crippen molar-refractivity contribution >= 4 is 45.9 Å². The summed E-state index contributed by atoms with van der Waals surface area (Å²) in [5.74, 6) is 1.31. The van der Waals surface area contributed by atoms with Crippen LogP contribution in [0.15, 0.2) is 4.99 Å². The summed E-state index contributed by atoms with van der Waals surface area (Å²) in [6.07, 6.45) is 0.453. The van der Waals surface area contributed by atoms with E-state index in [9.17, 15) is 13.2 Å². The van der Waals surface area contributed by atoms with Gasteiger partial charge >= 0.3 is 6.09 Å². The van der Waals surface area contributed by atoms with E-state index in [2.05, 4.69) is 20.4 Å². The molecule has 0 aromatic rings. The number of sulfone groups is 1. The second-order valence-electron chi connectivity index (χ2n) is 8.31. The highest BCUT2D eigenvalue weighted by Gasteiger charge is 2.28. The minimum atomic E-state index is -2.85. The second kappa shape index (κ2) is 11.5. The molecule has 2 N–H and O–H groups in total. The van der Waals surface area contributed by atoms with Gasteiger partial charge in [-0.05, 0) is 34.1 Å². The molecule has 2 saturated heterocycles. The Morgan fingerprint density at radius 2 is 1.86 bits per heavy atom. The SMILES string of the molecule is CCNC(=NCCN1CCS(=O)(=O)CC1)N1CCC(NC(=O)OC(C)(C)C)C1.I. The highest BCUT2D eigenvalue weighted by atomic mass is 127. The summed E-state index contributed by atoms with van der Waals surface area (Å²) in [4.78, 5) is 20.9. The molecule has 2 rings (SSSR count). The number of aliphatic imine (C=N–C) groups is 1. The van der Waals surface area contributed by atoms with Crippen LogP contribution in [0.5, 0.6) is 0 Å². The van der Waals surface area contributed by atoms with Crippen LogP contribution in [-0.4, -0.2) is 99.2 Å². The molecule has 2 fully saturated rings. The van der Waals surface area contributed by atoms with Gasteiger partial charge in [0.15, 0.2) is 15.8 Å². The van der Waals surface area contributed by atoms with E-state index in [1.165, 1.54) is 0 Å². The summed E-state index contributed by atoms with van der Waals surface area (Å²) in [6, 6.07) is 0.0333. The Kier molecular flexibility index (Phi) is 10.4. The summed E-state index contributed by atoms with van der Waals surface area (Å²) < 4.78 is 28.3. The highest BCUT2D eigenvalue weighted by molar-refractivity contribution is 14.0. The summed E-state index contributed by atoms with van der Waals surface area (Å²) >= 11 is 0. The van der Waals surface area contributed by atoms with Crippen LogP contribution in [-0.2, 0) is 14.6 Å². The third-order valence-corrected chi connectivity index (χ3v) is 6.27. The molecule has 9 nitrogen and oxygen atoms in total. The van der Waals surface area contributed by atoms with Gasteiger partial charge in [0.2, 0.25) is 0 Å². The second-order valence-corrected chi connectivity index (χ2v) is 10.6. The molecule has 0 bridgehead atoms. The molecule has 1 atom stereocenters. The van der Waals surface area contributed by atoms with E-state index in [1.54, 1.807) is 0 Å². The monoisotopic (exact) mass is 545 g/mol. The van der Waals surface area contributed by atoms with E-state index < -0.39 is 15.4 Å². The molecular weight excluding hydrogens is 509 g/mol. The number of nitrogens with one attached hydrogen (secondary N) is 2. The predicted octanol–water partition coefficient (Wildman–Crippen LogP) is 0.899. The number of carbonyl (C=O) groups is 1. The molecular formula is C18H36IN5O4S. The zero-order valence-electron chi connectivity index (χ0n) is 17.9. The normalized spacial score (nSPS) is 22.7. The predicted molar refractivity (Wildman–Crippen MR) is 126 cm³/mol. The fraction of sp³-hybridized carbons (Fsp3) is 0.889. The van der Waals surface area contributed by atoms with Gasteiger partial charge in [-0.1, -0.05) is 0 Å². The van der Waals surface area contributed by atoms with Crippen molar-refractivity contribution in [1.82, 2.24) is 20.4 Å². The van der Waals surface area contributed by atoms with Gasteiger partial charge in [0.1, 0.15) is 5.60 Å². The first-order valence-electron chi connectivity index (χ1n) is 10.0. The first kappa shape index (κ1) is 26.2. The van der Waals surface area contributed by atoms with Crippen molar-refractivity contribution in [3.05, 3.63) is 0 Å². The number of nitrogens with zero attached hydrogens (tertiary/aromatic N) is 3. The molecule has 11 heteroatoms. The van der Waals surface area contributed by atoms with Crippen LogP contribution in [0.1, 0.15) is 34.1 Å². The smallest absolute Gasteiger partial charge is 0.407 e. The molecule has 170 valence electrons. The third-order valence-electron chi connectivity index (χ3n) is 4.66. The first-order chi connectivity index (χ1) is 13.1. The average Bonchev–Trinajstić information content (AvgIpc) is 3.02. The number of guanidine groups is 1. The minimum absolute atomic E-state index is 0. The highest BCUT2D eigenvalue weighted by Crippen LogP contribution is 2.12. The van der Waals surface area contributed by atoms with Gasteiger partial charge in [0, 0.05) is 39.3 Å². The Bertz CT molecular complexity index is 652. The number of hydrogen-bond donors (Lipinski definition) is 2. The standard InChI is InChI=1S/C18H35N5O4S.HI/c1-5-19-16(20-7-9-22-10-12-28(25,26)13-11-22)23-8-6-15(14-23)21-17(24)27-18(2,3)4;/h15H,5-14H2,1-4H3,(H,19,20)(H,21,24);1H. The molecule has 0 saturated carbocycles. The van der Waals surface area contributed by atoms with Crippen LogP contribution in [0, 0.1) is 0 Å². The van der Waals surface area contributed by atoms with Crippen LogP contribution >= 0.6 is 24.0 Å². The van der Waals surface area contributed by atoms with Crippen molar-refractivity contribution in [2.24, 2.45) is 4.99 Å². The number of carbonyl (C=O) groups excluding carboxylic acids is 1. The van der Waals surface area contributed by atoms with Gasteiger partial charge < -0.3 is 20.3 Å². The molecule has 0 spiro atoms. The molecule has 0 aromatic carbocycles. The Balaban J connectivity index is 0.00000420. The lowest BCUT2D eigenvalue weighted by Gasteiger charge is -2.26. The summed E-state index contributed by atoms with van der Waals surface area (Å²) in [7, 11) is -2.85. The van der Waals surface area contributed by atoms with Gasteiger partial charge in [0.25, 0.3) is 0 Å². The number of amides is 1. The van der Waals surface area contributed by atoms with Crippen LogP contribution in [0.2, 0.25) is 0 Å². The number of rotatable bonds is 5. The summed E-state index contributed by atoms with van der Waals surface area (Å²) in [6.45, 7) is 12.4. The molecule has 0 aliphatic carbocycles.